The first-order valence-electron chi connectivity index (χ1n) is 11.1. The standard InChI is InChI=1S/C24H31ClN2O4S/c1-3-31-20-12-11-17(14-21(20)30-2)23(24(29)26-18-8-5-4-6-9-18)27(22(28)15-25)16-19-10-7-13-32-19/h7,10-14,18,23H,3-6,8-9,15-16H2,1-2H3,(H,26,29)/t23-/m0/s1. The molecular weight excluding hydrogens is 448 g/mol. The van der Waals surface area contributed by atoms with Crippen molar-refractivity contribution in [2.45, 2.75) is 57.7 Å². The van der Waals surface area contributed by atoms with Gasteiger partial charge < -0.3 is 19.7 Å². The first-order valence-corrected chi connectivity index (χ1v) is 12.5. The highest BCUT2D eigenvalue weighted by atomic mass is 35.5. The van der Waals surface area contributed by atoms with Gasteiger partial charge in [-0.2, -0.15) is 0 Å². The Hall–Kier alpha value is -2.25. The summed E-state index contributed by atoms with van der Waals surface area (Å²) in [7, 11) is 1.56. The summed E-state index contributed by atoms with van der Waals surface area (Å²) < 4.78 is 11.1. The van der Waals surface area contributed by atoms with E-state index < -0.39 is 6.04 Å². The third-order valence-corrected chi connectivity index (χ3v) is 6.75. The largest absolute Gasteiger partial charge is 0.493 e. The molecular formula is C24H31ClN2O4S. The van der Waals surface area contributed by atoms with Crippen LogP contribution < -0.4 is 14.8 Å². The van der Waals surface area contributed by atoms with Crippen LogP contribution >= 0.6 is 22.9 Å². The third kappa shape index (κ3) is 6.17. The van der Waals surface area contributed by atoms with Crippen molar-refractivity contribution in [3.8, 4) is 11.5 Å². The molecule has 0 radical (unpaired) electrons. The molecule has 174 valence electrons. The highest BCUT2D eigenvalue weighted by molar-refractivity contribution is 7.09. The summed E-state index contributed by atoms with van der Waals surface area (Å²) in [6.45, 7) is 2.70. The number of thiophene rings is 1. The second-order valence-corrected chi connectivity index (χ2v) is 9.12. The first kappa shape index (κ1) is 24.4. The average molecular weight is 479 g/mol. The van der Waals surface area contributed by atoms with E-state index in [1.165, 1.54) is 6.42 Å². The van der Waals surface area contributed by atoms with Crippen LogP contribution in [0.1, 0.15) is 55.5 Å². The normalized spacial score (nSPS) is 15.1. The number of carbonyl (C=O) groups excluding carboxylic acids is 2. The summed E-state index contributed by atoms with van der Waals surface area (Å²) in [4.78, 5) is 29.1. The van der Waals surface area contributed by atoms with Crippen LogP contribution in [-0.2, 0) is 16.1 Å². The van der Waals surface area contributed by atoms with E-state index in [0.717, 1.165) is 30.6 Å². The van der Waals surface area contributed by atoms with Crippen molar-refractivity contribution in [3.63, 3.8) is 0 Å². The van der Waals surface area contributed by atoms with Crippen LogP contribution in [0.5, 0.6) is 11.5 Å². The van der Waals surface area contributed by atoms with Crippen molar-refractivity contribution in [1.82, 2.24) is 10.2 Å². The average Bonchev–Trinajstić information content (AvgIpc) is 3.33. The molecule has 1 atom stereocenters. The summed E-state index contributed by atoms with van der Waals surface area (Å²) in [5.41, 5.74) is 0.661. The number of methoxy groups -OCH3 is 1. The molecule has 0 unspecified atom stereocenters. The monoisotopic (exact) mass is 478 g/mol. The van der Waals surface area contributed by atoms with Gasteiger partial charge in [-0.3, -0.25) is 9.59 Å². The Balaban J connectivity index is 1.98. The number of hydrogen-bond acceptors (Lipinski definition) is 5. The molecule has 1 aliphatic carbocycles. The van der Waals surface area contributed by atoms with Gasteiger partial charge in [0, 0.05) is 10.9 Å². The Morgan fingerprint density at radius 3 is 2.62 bits per heavy atom. The summed E-state index contributed by atoms with van der Waals surface area (Å²) in [5.74, 6) is 0.426. The summed E-state index contributed by atoms with van der Waals surface area (Å²) in [5, 5.41) is 5.14. The van der Waals surface area contributed by atoms with Crippen LogP contribution in [0.4, 0.5) is 0 Å². The molecule has 0 spiro atoms. The smallest absolute Gasteiger partial charge is 0.247 e. The predicted molar refractivity (Wildman–Crippen MR) is 128 cm³/mol. The minimum atomic E-state index is -0.824. The molecule has 0 bridgehead atoms. The second kappa shape index (κ2) is 12.1. The molecule has 1 fully saturated rings. The van der Waals surface area contributed by atoms with Crippen molar-refractivity contribution in [2.75, 3.05) is 19.6 Å². The Bertz CT molecular complexity index is 884. The van der Waals surface area contributed by atoms with Crippen molar-refractivity contribution >= 4 is 34.8 Å². The summed E-state index contributed by atoms with van der Waals surface area (Å²) in [6, 6.07) is 8.56. The minimum absolute atomic E-state index is 0.123. The van der Waals surface area contributed by atoms with Gasteiger partial charge in [-0.1, -0.05) is 31.4 Å². The molecule has 0 aliphatic heterocycles. The van der Waals surface area contributed by atoms with Gasteiger partial charge in [-0.05, 0) is 48.9 Å². The Morgan fingerprint density at radius 1 is 1.22 bits per heavy atom. The molecule has 6 nitrogen and oxygen atoms in total. The Kier molecular flexibility index (Phi) is 9.23. The lowest BCUT2D eigenvalue weighted by atomic mass is 9.94. The fraction of sp³-hybridized carbons (Fsp3) is 0.500. The molecule has 32 heavy (non-hydrogen) atoms. The quantitative estimate of drug-likeness (QED) is 0.492. The van der Waals surface area contributed by atoms with E-state index in [1.54, 1.807) is 35.5 Å². The number of rotatable bonds is 10. The van der Waals surface area contributed by atoms with E-state index in [9.17, 15) is 9.59 Å². The molecule has 1 aliphatic rings. The lowest BCUT2D eigenvalue weighted by Crippen LogP contribution is -2.47. The summed E-state index contributed by atoms with van der Waals surface area (Å²) >= 11 is 7.52. The van der Waals surface area contributed by atoms with Crippen LogP contribution in [0.2, 0.25) is 0 Å². The number of alkyl halides is 1. The topological polar surface area (TPSA) is 67.9 Å². The molecule has 1 aromatic heterocycles. The molecule has 2 amide bonds. The van der Waals surface area contributed by atoms with Crippen LogP contribution in [-0.4, -0.2) is 42.4 Å². The lowest BCUT2D eigenvalue weighted by Gasteiger charge is -2.33. The zero-order valence-corrected chi connectivity index (χ0v) is 20.2. The second-order valence-electron chi connectivity index (χ2n) is 7.82. The molecule has 1 N–H and O–H groups in total. The van der Waals surface area contributed by atoms with E-state index in [2.05, 4.69) is 5.32 Å². The van der Waals surface area contributed by atoms with E-state index in [1.807, 2.05) is 30.5 Å². The fourth-order valence-electron chi connectivity index (χ4n) is 4.10. The van der Waals surface area contributed by atoms with Gasteiger partial charge in [0.1, 0.15) is 11.9 Å². The Morgan fingerprint density at radius 2 is 2.00 bits per heavy atom. The number of hydrogen-bond donors (Lipinski definition) is 1. The number of carbonyl (C=O) groups is 2. The maximum absolute atomic E-state index is 13.6. The van der Waals surface area contributed by atoms with Gasteiger partial charge in [0.25, 0.3) is 0 Å². The van der Waals surface area contributed by atoms with Gasteiger partial charge in [-0.25, -0.2) is 0 Å². The zero-order chi connectivity index (χ0) is 22.9. The van der Waals surface area contributed by atoms with Crippen LogP contribution in [0.15, 0.2) is 35.7 Å². The SMILES string of the molecule is CCOc1ccc([C@@H](C(=O)NC2CCCCC2)N(Cc2cccs2)C(=O)CCl)cc1OC. The maximum atomic E-state index is 13.6. The fourth-order valence-corrected chi connectivity index (χ4v) is 4.96. The number of benzene rings is 1. The van der Waals surface area contributed by atoms with Crippen molar-refractivity contribution in [3.05, 3.63) is 46.2 Å². The molecule has 1 heterocycles. The first-order chi connectivity index (χ1) is 15.6. The molecule has 1 aromatic carbocycles. The highest BCUT2D eigenvalue weighted by Gasteiger charge is 2.33. The van der Waals surface area contributed by atoms with E-state index in [-0.39, 0.29) is 23.7 Å². The van der Waals surface area contributed by atoms with Crippen LogP contribution in [0.25, 0.3) is 0 Å². The number of nitrogens with one attached hydrogen (secondary N) is 1. The number of ether oxygens (including phenoxy) is 2. The van der Waals surface area contributed by atoms with Gasteiger partial charge in [0.15, 0.2) is 11.5 Å². The van der Waals surface area contributed by atoms with Crippen molar-refractivity contribution in [2.24, 2.45) is 0 Å². The number of halogens is 1. The van der Waals surface area contributed by atoms with Gasteiger partial charge >= 0.3 is 0 Å². The van der Waals surface area contributed by atoms with E-state index in [4.69, 9.17) is 21.1 Å². The van der Waals surface area contributed by atoms with Crippen molar-refractivity contribution in [1.29, 1.82) is 0 Å². The van der Waals surface area contributed by atoms with Crippen LogP contribution in [0.3, 0.4) is 0 Å². The van der Waals surface area contributed by atoms with Gasteiger partial charge in [0.05, 0.1) is 20.3 Å². The van der Waals surface area contributed by atoms with E-state index >= 15 is 0 Å². The van der Waals surface area contributed by atoms with Crippen molar-refractivity contribution < 1.29 is 19.1 Å². The minimum Gasteiger partial charge on any atom is -0.493 e. The molecule has 2 aromatic rings. The number of nitrogens with zero attached hydrogens (tertiary/aromatic N) is 1. The molecule has 3 rings (SSSR count). The maximum Gasteiger partial charge on any atom is 0.247 e. The zero-order valence-electron chi connectivity index (χ0n) is 18.6. The highest BCUT2D eigenvalue weighted by Crippen LogP contribution is 2.34. The van der Waals surface area contributed by atoms with E-state index in [0.29, 0.717) is 30.2 Å². The van der Waals surface area contributed by atoms with Gasteiger partial charge in [-0.15, -0.1) is 22.9 Å². The Labute approximate surface area is 198 Å². The predicted octanol–water partition coefficient (Wildman–Crippen LogP) is 4.91. The summed E-state index contributed by atoms with van der Waals surface area (Å²) in [6.07, 6.45) is 5.32. The van der Waals surface area contributed by atoms with Gasteiger partial charge in [0.2, 0.25) is 11.8 Å². The third-order valence-electron chi connectivity index (χ3n) is 5.66. The number of amides is 2. The molecule has 0 saturated heterocycles. The van der Waals surface area contributed by atoms with Crippen LogP contribution in [0, 0.1) is 0 Å². The molecule has 1 saturated carbocycles. The lowest BCUT2D eigenvalue weighted by molar-refractivity contribution is -0.140. The molecule has 8 heteroatoms.